The van der Waals surface area contributed by atoms with Gasteiger partial charge in [0, 0.05) is 28.5 Å². The molecule has 0 saturated carbocycles. The van der Waals surface area contributed by atoms with E-state index in [0.717, 1.165) is 10.5 Å². The minimum absolute atomic E-state index is 0.0255. The van der Waals surface area contributed by atoms with Gasteiger partial charge in [0.15, 0.2) is 0 Å². The van der Waals surface area contributed by atoms with Gasteiger partial charge in [-0.3, -0.25) is 0 Å². The number of hydrogen-bond acceptors (Lipinski definition) is 6. The molecule has 0 amide bonds. The van der Waals surface area contributed by atoms with Crippen LogP contribution < -0.4 is 10.5 Å². The van der Waals surface area contributed by atoms with E-state index in [9.17, 15) is 10.4 Å². The zero-order valence-corrected chi connectivity index (χ0v) is 13.7. The van der Waals surface area contributed by atoms with Crippen LogP contribution in [0.25, 0.3) is 0 Å². The fourth-order valence-electron chi connectivity index (χ4n) is 2.13. The summed E-state index contributed by atoms with van der Waals surface area (Å²) in [5.41, 5.74) is 7.52. The molecular weight excluding hydrogens is 310 g/mol. The van der Waals surface area contributed by atoms with Gasteiger partial charge < -0.3 is 15.6 Å². The third kappa shape index (κ3) is 4.70. The number of methoxy groups -OCH3 is 1. The highest BCUT2D eigenvalue weighted by atomic mass is 32.2. The maximum atomic E-state index is 9.28. The first-order chi connectivity index (χ1) is 11.2. The zero-order valence-electron chi connectivity index (χ0n) is 12.8. The summed E-state index contributed by atoms with van der Waals surface area (Å²) < 4.78 is 5.15. The molecule has 3 N–H and O–H groups in total. The topological polar surface area (TPSA) is 92.2 Å². The Kier molecular flexibility index (Phi) is 6.41. The molecule has 1 heterocycles. The van der Waals surface area contributed by atoms with Crippen LogP contribution in [-0.2, 0) is 0 Å². The zero-order chi connectivity index (χ0) is 16.7. The molecule has 5 nitrogen and oxygen atoms in total. The quantitative estimate of drug-likeness (QED) is 0.758. The molecule has 6 heteroatoms. The largest absolute Gasteiger partial charge is 0.481 e. The molecule has 0 aliphatic rings. The number of ether oxygens (including phenoxy) is 1. The van der Waals surface area contributed by atoms with Crippen LogP contribution in [0.2, 0.25) is 0 Å². The number of benzene rings is 1. The third-order valence-corrected chi connectivity index (χ3v) is 4.70. The molecule has 0 aliphatic heterocycles. The second-order valence-corrected chi connectivity index (χ2v) is 6.27. The van der Waals surface area contributed by atoms with Crippen LogP contribution in [0.3, 0.4) is 0 Å². The van der Waals surface area contributed by atoms with E-state index in [-0.39, 0.29) is 17.9 Å². The third-order valence-electron chi connectivity index (χ3n) is 3.36. The summed E-state index contributed by atoms with van der Waals surface area (Å²) in [7, 11) is 1.54. The highest BCUT2D eigenvalue weighted by Crippen LogP contribution is 2.40. The van der Waals surface area contributed by atoms with Crippen molar-refractivity contribution in [2.75, 3.05) is 13.7 Å². The average molecular weight is 329 g/mol. The first-order valence-electron chi connectivity index (χ1n) is 7.20. The molecule has 2 rings (SSSR count). The Morgan fingerprint density at radius 1 is 1.39 bits per heavy atom. The Bertz CT molecular complexity index is 673. The van der Waals surface area contributed by atoms with Gasteiger partial charge in [0.05, 0.1) is 19.3 Å². The number of hydrogen-bond donors (Lipinski definition) is 2. The van der Waals surface area contributed by atoms with E-state index in [1.807, 2.05) is 30.3 Å². The lowest BCUT2D eigenvalue weighted by molar-refractivity contribution is 0.259. The van der Waals surface area contributed by atoms with Gasteiger partial charge in [-0.1, -0.05) is 30.3 Å². The van der Waals surface area contributed by atoms with Crippen molar-refractivity contribution >= 4 is 11.8 Å². The minimum atomic E-state index is -0.318. The van der Waals surface area contributed by atoms with Crippen LogP contribution in [0.1, 0.15) is 22.8 Å². The number of rotatable bonds is 7. The Morgan fingerprint density at radius 2 is 2.13 bits per heavy atom. The van der Waals surface area contributed by atoms with E-state index in [2.05, 4.69) is 11.1 Å². The van der Waals surface area contributed by atoms with Gasteiger partial charge in [0.25, 0.3) is 0 Å². The van der Waals surface area contributed by atoms with Gasteiger partial charge in [-0.05, 0) is 12.0 Å². The predicted molar refractivity (Wildman–Crippen MR) is 90.2 cm³/mol. The second-order valence-electron chi connectivity index (χ2n) is 5.03. The van der Waals surface area contributed by atoms with Crippen molar-refractivity contribution in [3.8, 4) is 11.9 Å². The number of nitrogens with zero attached hydrogens (tertiary/aromatic N) is 2. The summed E-state index contributed by atoms with van der Waals surface area (Å²) >= 11 is 1.53. The van der Waals surface area contributed by atoms with Crippen molar-refractivity contribution in [1.82, 2.24) is 4.98 Å². The SMILES string of the molecule is COc1cc(S[C@H](C[C@H](N)CO)c2ccccc2)c(C#N)cn1. The number of thioether (sulfide) groups is 1. The monoisotopic (exact) mass is 329 g/mol. The standard InChI is InChI=1S/C17H19N3O2S/c1-22-17-8-16(13(9-18)10-20-17)23-15(7-14(19)11-21)12-5-3-2-4-6-12/h2-6,8,10,14-15,21H,7,11,19H2,1H3/t14-,15+/m0/s1. The molecule has 0 fully saturated rings. The summed E-state index contributed by atoms with van der Waals surface area (Å²) in [5.74, 6) is 0.463. The first kappa shape index (κ1) is 17.3. The maximum Gasteiger partial charge on any atom is 0.214 e. The van der Waals surface area contributed by atoms with Crippen molar-refractivity contribution < 1.29 is 9.84 Å². The molecule has 0 aliphatic carbocycles. The Balaban J connectivity index is 2.32. The lowest BCUT2D eigenvalue weighted by Gasteiger charge is -2.20. The van der Waals surface area contributed by atoms with E-state index in [1.165, 1.54) is 18.0 Å². The maximum absolute atomic E-state index is 9.28. The van der Waals surface area contributed by atoms with E-state index < -0.39 is 0 Å². The molecule has 0 spiro atoms. The number of pyridine rings is 1. The van der Waals surface area contributed by atoms with Gasteiger partial charge in [-0.15, -0.1) is 11.8 Å². The number of aliphatic hydroxyl groups is 1. The van der Waals surface area contributed by atoms with Gasteiger partial charge >= 0.3 is 0 Å². The summed E-state index contributed by atoms with van der Waals surface area (Å²) in [6.45, 7) is -0.0747. The lowest BCUT2D eigenvalue weighted by atomic mass is 10.1. The highest BCUT2D eigenvalue weighted by molar-refractivity contribution is 7.99. The molecule has 2 aromatic rings. The molecule has 1 aromatic heterocycles. The van der Waals surface area contributed by atoms with Crippen LogP contribution in [0.5, 0.6) is 5.88 Å². The molecule has 0 radical (unpaired) electrons. The fraction of sp³-hybridized carbons (Fsp3) is 0.294. The summed E-state index contributed by atoms with van der Waals surface area (Å²) in [5, 5.41) is 18.6. The van der Waals surface area contributed by atoms with Crippen LogP contribution in [0.4, 0.5) is 0 Å². The van der Waals surface area contributed by atoms with Crippen LogP contribution in [-0.4, -0.2) is 29.8 Å². The Hall–Kier alpha value is -2.07. The molecule has 2 atom stereocenters. The van der Waals surface area contributed by atoms with E-state index >= 15 is 0 Å². The van der Waals surface area contributed by atoms with E-state index in [0.29, 0.717) is 17.9 Å². The molecule has 23 heavy (non-hydrogen) atoms. The van der Waals surface area contributed by atoms with Crippen LogP contribution in [0, 0.1) is 11.3 Å². The molecule has 0 unspecified atom stereocenters. The first-order valence-corrected chi connectivity index (χ1v) is 8.08. The predicted octanol–water partition coefficient (Wildman–Crippen LogP) is 2.50. The second kappa shape index (κ2) is 8.53. The molecule has 120 valence electrons. The van der Waals surface area contributed by atoms with Gasteiger partial charge in [-0.25, -0.2) is 4.98 Å². The summed E-state index contributed by atoms with van der Waals surface area (Å²) in [6, 6.07) is 13.5. The fourth-order valence-corrected chi connectivity index (χ4v) is 3.47. The Labute approximate surface area is 140 Å². The van der Waals surface area contributed by atoms with Crippen LogP contribution >= 0.6 is 11.8 Å². The van der Waals surface area contributed by atoms with Crippen LogP contribution in [0.15, 0.2) is 47.5 Å². The molecular formula is C17H19N3O2S. The number of aliphatic hydroxyl groups excluding tert-OH is 1. The average Bonchev–Trinajstić information content (AvgIpc) is 2.61. The van der Waals surface area contributed by atoms with Gasteiger partial charge in [-0.2, -0.15) is 5.26 Å². The van der Waals surface area contributed by atoms with E-state index in [4.69, 9.17) is 10.5 Å². The molecule has 1 aromatic carbocycles. The normalized spacial score (nSPS) is 13.1. The van der Waals surface area contributed by atoms with Crippen molar-refractivity contribution in [2.45, 2.75) is 22.6 Å². The van der Waals surface area contributed by atoms with E-state index in [1.54, 1.807) is 13.2 Å². The van der Waals surface area contributed by atoms with Crippen molar-refractivity contribution in [1.29, 1.82) is 5.26 Å². The molecule has 0 bridgehead atoms. The smallest absolute Gasteiger partial charge is 0.214 e. The highest BCUT2D eigenvalue weighted by Gasteiger charge is 2.19. The van der Waals surface area contributed by atoms with Gasteiger partial charge in [0.2, 0.25) is 5.88 Å². The lowest BCUT2D eigenvalue weighted by Crippen LogP contribution is -2.26. The van der Waals surface area contributed by atoms with Gasteiger partial charge in [0.1, 0.15) is 6.07 Å². The molecule has 0 saturated heterocycles. The van der Waals surface area contributed by atoms with Crippen molar-refractivity contribution in [3.63, 3.8) is 0 Å². The number of nitrogens with two attached hydrogens (primary N) is 1. The number of nitriles is 1. The summed E-state index contributed by atoms with van der Waals surface area (Å²) in [6.07, 6.45) is 2.11. The van der Waals surface area contributed by atoms with Crippen molar-refractivity contribution in [2.24, 2.45) is 5.73 Å². The minimum Gasteiger partial charge on any atom is -0.481 e. The summed E-state index contributed by atoms with van der Waals surface area (Å²) in [4.78, 5) is 4.85. The Morgan fingerprint density at radius 3 is 2.74 bits per heavy atom. The number of aromatic nitrogens is 1. The van der Waals surface area contributed by atoms with Crippen molar-refractivity contribution in [3.05, 3.63) is 53.7 Å².